The SMILES string of the molecule is CC(C)NC(=O)c1cc(OC(C)(C)C)cc(C(=O)NCC(C=Nc2ccc3nccnc3c2)=CN)n1. The second-order valence-corrected chi connectivity index (χ2v) is 9.33. The zero-order chi connectivity index (χ0) is 26.3. The lowest BCUT2D eigenvalue weighted by atomic mass is 10.2. The molecule has 0 aliphatic carbocycles. The van der Waals surface area contributed by atoms with Crippen LogP contribution in [0.5, 0.6) is 5.75 Å². The molecule has 0 saturated carbocycles. The fourth-order valence-corrected chi connectivity index (χ4v) is 3.10. The molecule has 0 aliphatic heterocycles. The molecule has 0 unspecified atom stereocenters. The number of amides is 2. The summed E-state index contributed by atoms with van der Waals surface area (Å²) in [6.45, 7) is 9.41. The predicted molar refractivity (Wildman–Crippen MR) is 140 cm³/mol. The monoisotopic (exact) mass is 489 g/mol. The highest BCUT2D eigenvalue weighted by atomic mass is 16.5. The van der Waals surface area contributed by atoms with Crippen LogP contribution < -0.4 is 21.1 Å². The van der Waals surface area contributed by atoms with Gasteiger partial charge in [0.2, 0.25) is 0 Å². The molecular formula is C26H31N7O3. The number of rotatable bonds is 8. The summed E-state index contributed by atoms with van der Waals surface area (Å²) in [7, 11) is 0. The summed E-state index contributed by atoms with van der Waals surface area (Å²) < 4.78 is 5.89. The van der Waals surface area contributed by atoms with Crippen molar-refractivity contribution >= 4 is 34.7 Å². The minimum absolute atomic E-state index is 0.0482. The zero-order valence-electron chi connectivity index (χ0n) is 21.1. The molecule has 0 saturated heterocycles. The van der Waals surface area contributed by atoms with Crippen LogP contribution >= 0.6 is 0 Å². The Morgan fingerprint density at radius 1 is 1.06 bits per heavy atom. The van der Waals surface area contributed by atoms with Crippen molar-refractivity contribution in [3.8, 4) is 5.75 Å². The molecular weight excluding hydrogens is 458 g/mol. The molecule has 2 heterocycles. The van der Waals surface area contributed by atoms with E-state index in [1.807, 2.05) is 46.8 Å². The van der Waals surface area contributed by atoms with E-state index in [1.165, 1.54) is 18.3 Å². The van der Waals surface area contributed by atoms with Crippen LogP contribution in [-0.2, 0) is 0 Å². The van der Waals surface area contributed by atoms with E-state index in [1.54, 1.807) is 24.7 Å². The standard InChI is InChI=1S/C26H31N7O3/c1-16(2)32-25(35)23-12-19(36-26(3,4)5)11-22(33-23)24(34)31-15-17(13-27)14-30-18-6-7-20-21(10-18)29-9-8-28-20/h6-14,16H,15,27H2,1-5H3,(H,31,34)(H,32,35). The Labute approximate surface area is 210 Å². The maximum absolute atomic E-state index is 12.9. The van der Waals surface area contributed by atoms with Crippen LogP contribution in [0.2, 0.25) is 0 Å². The van der Waals surface area contributed by atoms with Crippen LogP contribution in [0, 0.1) is 0 Å². The summed E-state index contributed by atoms with van der Waals surface area (Å²) in [4.78, 5) is 42.6. The van der Waals surface area contributed by atoms with Crippen molar-refractivity contribution in [2.45, 2.75) is 46.3 Å². The van der Waals surface area contributed by atoms with Crippen LogP contribution in [0.1, 0.15) is 55.6 Å². The summed E-state index contributed by atoms with van der Waals surface area (Å²) in [5.74, 6) is -0.512. The quantitative estimate of drug-likeness (QED) is 0.412. The highest BCUT2D eigenvalue weighted by Crippen LogP contribution is 2.21. The first-order chi connectivity index (χ1) is 17.0. The maximum Gasteiger partial charge on any atom is 0.270 e. The number of hydrogen-bond donors (Lipinski definition) is 3. The lowest BCUT2D eigenvalue weighted by molar-refractivity contribution is 0.0931. The number of aliphatic imine (C=N–C) groups is 1. The molecule has 3 rings (SSSR count). The third kappa shape index (κ3) is 7.59. The number of carbonyl (C=O) groups is 2. The number of nitrogens with two attached hydrogens (primary N) is 1. The fourth-order valence-electron chi connectivity index (χ4n) is 3.10. The number of pyridine rings is 1. The number of ether oxygens (including phenoxy) is 1. The van der Waals surface area contributed by atoms with E-state index in [0.29, 0.717) is 17.0 Å². The van der Waals surface area contributed by atoms with Gasteiger partial charge in [0.1, 0.15) is 22.7 Å². The lowest BCUT2D eigenvalue weighted by Gasteiger charge is -2.22. The van der Waals surface area contributed by atoms with Crippen LogP contribution in [-0.4, -0.2) is 51.2 Å². The van der Waals surface area contributed by atoms with E-state index in [9.17, 15) is 9.59 Å². The first-order valence-corrected chi connectivity index (χ1v) is 11.5. The molecule has 0 fully saturated rings. The molecule has 4 N–H and O–H groups in total. The van der Waals surface area contributed by atoms with Gasteiger partial charge in [-0.1, -0.05) is 0 Å². The molecule has 0 radical (unpaired) electrons. The van der Waals surface area contributed by atoms with Crippen molar-refractivity contribution in [2.24, 2.45) is 10.7 Å². The van der Waals surface area contributed by atoms with Crippen LogP contribution in [0.15, 0.2) is 59.5 Å². The molecule has 0 spiro atoms. The van der Waals surface area contributed by atoms with Crippen LogP contribution in [0.25, 0.3) is 11.0 Å². The van der Waals surface area contributed by atoms with E-state index >= 15 is 0 Å². The normalized spacial score (nSPS) is 12.2. The number of fused-ring (bicyclic) bond motifs is 1. The van der Waals surface area contributed by atoms with E-state index < -0.39 is 17.4 Å². The van der Waals surface area contributed by atoms with Gasteiger partial charge in [0.15, 0.2) is 0 Å². The van der Waals surface area contributed by atoms with E-state index in [2.05, 4.69) is 30.6 Å². The average molecular weight is 490 g/mol. The second-order valence-electron chi connectivity index (χ2n) is 9.33. The van der Waals surface area contributed by atoms with Gasteiger partial charge in [0.05, 0.1) is 16.7 Å². The summed E-state index contributed by atoms with van der Waals surface area (Å²) in [6.07, 6.45) is 6.16. The van der Waals surface area contributed by atoms with Crippen molar-refractivity contribution in [3.05, 3.63) is 65.9 Å². The van der Waals surface area contributed by atoms with Gasteiger partial charge in [-0.15, -0.1) is 0 Å². The summed E-state index contributed by atoms with van der Waals surface area (Å²) in [5.41, 5.74) is 8.08. The Morgan fingerprint density at radius 3 is 2.36 bits per heavy atom. The molecule has 188 valence electrons. The lowest BCUT2D eigenvalue weighted by Crippen LogP contribution is -2.32. The number of carbonyl (C=O) groups excluding carboxylic acids is 2. The Morgan fingerprint density at radius 2 is 1.72 bits per heavy atom. The average Bonchev–Trinajstić information content (AvgIpc) is 2.82. The van der Waals surface area contributed by atoms with E-state index in [4.69, 9.17) is 10.5 Å². The number of aromatic nitrogens is 3. The fraction of sp³-hybridized carbons (Fsp3) is 0.308. The van der Waals surface area contributed by atoms with Crippen molar-refractivity contribution in [1.82, 2.24) is 25.6 Å². The van der Waals surface area contributed by atoms with Crippen molar-refractivity contribution < 1.29 is 14.3 Å². The van der Waals surface area contributed by atoms with Gasteiger partial charge in [0, 0.05) is 55.1 Å². The molecule has 10 nitrogen and oxygen atoms in total. The molecule has 2 amide bonds. The van der Waals surface area contributed by atoms with Crippen LogP contribution in [0.4, 0.5) is 5.69 Å². The Kier molecular flexibility index (Phi) is 8.31. The molecule has 0 aliphatic rings. The molecule has 1 aromatic carbocycles. The topological polar surface area (TPSA) is 144 Å². The number of nitrogens with one attached hydrogen (secondary N) is 2. The first-order valence-electron chi connectivity index (χ1n) is 11.5. The highest BCUT2D eigenvalue weighted by Gasteiger charge is 2.19. The molecule has 2 aromatic heterocycles. The summed E-state index contributed by atoms with van der Waals surface area (Å²) >= 11 is 0. The highest BCUT2D eigenvalue weighted by molar-refractivity contribution is 5.97. The van der Waals surface area contributed by atoms with Crippen molar-refractivity contribution in [3.63, 3.8) is 0 Å². The maximum atomic E-state index is 12.9. The van der Waals surface area contributed by atoms with E-state index in [0.717, 1.165) is 11.0 Å². The number of hydrogen-bond acceptors (Lipinski definition) is 8. The molecule has 10 heteroatoms. The van der Waals surface area contributed by atoms with Gasteiger partial charge >= 0.3 is 0 Å². The van der Waals surface area contributed by atoms with Gasteiger partial charge in [-0.05, 0) is 52.8 Å². The van der Waals surface area contributed by atoms with Gasteiger partial charge in [-0.3, -0.25) is 24.5 Å². The van der Waals surface area contributed by atoms with Crippen LogP contribution in [0.3, 0.4) is 0 Å². The molecule has 36 heavy (non-hydrogen) atoms. The Balaban J connectivity index is 1.74. The molecule has 3 aromatic rings. The number of nitrogens with zero attached hydrogens (tertiary/aromatic N) is 4. The largest absolute Gasteiger partial charge is 0.488 e. The van der Waals surface area contributed by atoms with Crippen molar-refractivity contribution in [1.29, 1.82) is 0 Å². The van der Waals surface area contributed by atoms with E-state index in [-0.39, 0.29) is 24.0 Å². The molecule has 0 bridgehead atoms. The van der Waals surface area contributed by atoms with Gasteiger partial charge in [-0.25, -0.2) is 4.98 Å². The summed E-state index contributed by atoms with van der Waals surface area (Å²) in [6, 6.07) is 8.38. The Hall–Kier alpha value is -4.34. The minimum Gasteiger partial charge on any atom is -0.488 e. The third-order valence-corrected chi connectivity index (χ3v) is 4.61. The van der Waals surface area contributed by atoms with Gasteiger partial charge in [0.25, 0.3) is 11.8 Å². The third-order valence-electron chi connectivity index (χ3n) is 4.61. The second kappa shape index (κ2) is 11.4. The minimum atomic E-state index is -0.527. The van der Waals surface area contributed by atoms with Crippen molar-refractivity contribution in [2.75, 3.05) is 6.54 Å². The Bertz CT molecular complexity index is 1310. The van der Waals surface area contributed by atoms with Gasteiger partial charge < -0.3 is 21.1 Å². The smallest absolute Gasteiger partial charge is 0.270 e. The summed E-state index contributed by atoms with van der Waals surface area (Å²) in [5, 5.41) is 5.54. The first kappa shape index (κ1) is 26.3. The van der Waals surface area contributed by atoms with Gasteiger partial charge in [-0.2, -0.15) is 0 Å². The number of benzene rings is 1. The zero-order valence-corrected chi connectivity index (χ0v) is 21.1. The molecule has 0 atom stereocenters. The predicted octanol–water partition coefficient (Wildman–Crippen LogP) is 3.32.